The summed E-state index contributed by atoms with van der Waals surface area (Å²) >= 11 is 0. The summed E-state index contributed by atoms with van der Waals surface area (Å²) in [5.41, 5.74) is -0.0273. The number of hydrogen-bond acceptors (Lipinski definition) is 7. The van der Waals surface area contributed by atoms with Gasteiger partial charge in [0.2, 0.25) is 5.91 Å². The number of aryl methyl sites for hydroxylation is 1. The standard InChI is InChI=1S/C21H22FN7O2/c1-11-5-18(26-20(24-11)21(22)3-4-21)29-16-7-17(25-12(2)30)23-8-15(16)19(27-29)28-9-13-6-14(10-28)31-13/h5,7-8,13-14H,3-4,6,9-10H2,1-2H3,(H,23,25,30). The van der Waals surface area contributed by atoms with Gasteiger partial charge in [-0.1, -0.05) is 0 Å². The molecule has 2 atom stereocenters. The molecule has 1 N–H and O–H groups in total. The first-order valence-electron chi connectivity index (χ1n) is 10.5. The Hall–Kier alpha value is -3.14. The molecule has 10 heteroatoms. The van der Waals surface area contributed by atoms with E-state index in [-0.39, 0.29) is 23.9 Å². The maximum Gasteiger partial charge on any atom is 0.222 e. The number of carbonyl (C=O) groups excluding carboxylic acids is 1. The molecule has 1 saturated carbocycles. The zero-order valence-electron chi connectivity index (χ0n) is 17.3. The summed E-state index contributed by atoms with van der Waals surface area (Å²) in [6.07, 6.45) is 4.11. The van der Waals surface area contributed by atoms with Gasteiger partial charge in [-0.25, -0.2) is 24.0 Å². The molecule has 2 bridgehead atoms. The van der Waals surface area contributed by atoms with Crippen LogP contribution in [0.3, 0.4) is 0 Å². The Labute approximate surface area is 177 Å². The maximum atomic E-state index is 14.7. The van der Waals surface area contributed by atoms with E-state index in [0.717, 1.165) is 36.2 Å². The van der Waals surface area contributed by atoms with Crippen LogP contribution in [0, 0.1) is 6.92 Å². The van der Waals surface area contributed by atoms with E-state index in [2.05, 4.69) is 25.2 Å². The number of ether oxygens (including phenoxy) is 1. The monoisotopic (exact) mass is 423 g/mol. The minimum atomic E-state index is -1.44. The van der Waals surface area contributed by atoms with Gasteiger partial charge in [-0.2, -0.15) is 0 Å². The molecule has 0 aromatic carbocycles. The van der Waals surface area contributed by atoms with Crippen molar-refractivity contribution < 1.29 is 13.9 Å². The number of aromatic nitrogens is 5. The fraction of sp³-hybridized carbons (Fsp3) is 0.476. The Morgan fingerprint density at radius 1 is 1.26 bits per heavy atom. The predicted molar refractivity (Wildman–Crippen MR) is 111 cm³/mol. The molecule has 3 aliphatic heterocycles. The van der Waals surface area contributed by atoms with E-state index in [1.165, 1.54) is 6.92 Å². The third-order valence-corrected chi connectivity index (χ3v) is 6.06. The van der Waals surface area contributed by atoms with Gasteiger partial charge in [0.15, 0.2) is 23.1 Å². The molecular formula is C21H22FN7O2. The van der Waals surface area contributed by atoms with Crippen LogP contribution < -0.4 is 10.2 Å². The van der Waals surface area contributed by atoms with Crippen molar-refractivity contribution in [2.75, 3.05) is 23.3 Å². The number of nitrogens with one attached hydrogen (secondary N) is 1. The molecule has 7 rings (SSSR count). The molecule has 3 aromatic heterocycles. The Morgan fingerprint density at radius 2 is 2.00 bits per heavy atom. The van der Waals surface area contributed by atoms with E-state index < -0.39 is 5.67 Å². The quantitative estimate of drug-likeness (QED) is 0.688. The number of rotatable bonds is 4. The topological polar surface area (TPSA) is 98.1 Å². The number of carbonyl (C=O) groups is 1. The highest BCUT2D eigenvalue weighted by Gasteiger charge is 2.48. The molecule has 4 fully saturated rings. The summed E-state index contributed by atoms with van der Waals surface area (Å²) in [5, 5.41) is 8.43. The summed E-state index contributed by atoms with van der Waals surface area (Å²) in [6, 6.07) is 3.56. The second-order valence-corrected chi connectivity index (χ2v) is 8.68. The molecule has 0 spiro atoms. The average molecular weight is 423 g/mol. The molecule has 1 amide bonds. The zero-order valence-corrected chi connectivity index (χ0v) is 17.3. The van der Waals surface area contributed by atoms with Crippen molar-refractivity contribution in [3.8, 4) is 5.82 Å². The van der Waals surface area contributed by atoms with Crippen LogP contribution in [0.4, 0.5) is 16.0 Å². The highest BCUT2D eigenvalue weighted by atomic mass is 19.1. The van der Waals surface area contributed by atoms with Gasteiger partial charge >= 0.3 is 0 Å². The number of halogens is 1. The molecule has 0 radical (unpaired) electrons. The van der Waals surface area contributed by atoms with Crippen LogP contribution in [0.1, 0.15) is 37.7 Å². The van der Waals surface area contributed by atoms with Crippen molar-refractivity contribution in [2.24, 2.45) is 0 Å². The molecule has 31 heavy (non-hydrogen) atoms. The Bertz CT molecular complexity index is 1210. The van der Waals surface area contributed by atoms with Crippen molar-refractivity contribution >= 4 is 28.4 Å². The van der Waals surface area contributed by atoms with Gasteiger partial charge in [0, 0.05) is 50.5 Å². The molecule has 3 saturated heterocycles. The van der Waals surface area contributed by atoms with Crippen LogP contribution in [-0.4, -0.2) is 55.9 Å². The molecule has 2 unspecified atom stereocenters. The largest absolute Gasteiger partial charge is 0.371 e. The van der Waals surface area contributed by atoms with Crippen LogP contribution >= 0.6 is 0 Å². The number of hydrogen-bond donors (Lipinski definition) is 1. The molecule has 6 heterocycles. The van der Waals surface area contributed by atoms with E-state index in [9.17, 15) is 9.18 Å². The van der Waals surface area contributed by atoms with Crippen molar-refractivity contribution in [3.63, 3.8) is 0 Å². The van der Waals surface area contributed by atoms with Crippen molar-refractivity contribution in [3.05, 3.63) is 29.8 Å². The SMILES string of the molecule is CC(=O)Nc1cc2c(cn1)c(N1CC3CC(C1)O3)nn2-c1cc(C)nc(C2(F)CC2)n1. The smallest absolute Gasteiger partial charge is 0.222 e. The number of nitrogens with zero attached hydrogens (tertiary/aromatic N) is 6. The lowest BCUT2D eigenvalue weighted by Gasteiger charge is -2.47. The van der Waals surface area contributed by atoms with Gasteiger partial charge in [0.1, 0.15) is 5.82 Å². The fourth-order valence-electron chi connectivity index (χ4n) is 4.37. The first kappa shape index (κ1) is 18.6. The van der Waals surface area contributed by atoms with Gasteiger partial charge in [0.25, 0.3) is 0 Å². The number of morpholine rings is 1. The van der Waals surface area contributed by atoms with Crippen molar-refractivity contribution in [1.29, 1.82) is 0 Å². The van der Waals surface area contributed by atoms with Crippen LogP contribution in [0.5, 0.6) is 0 Å². The first-order valence-corrected chi connectivity index (χ1v) is 10.5. The minimum Gasteiger partial charge on any atom is -0.371 e. The number of pyridine rings is 1. The first-order chi connectivity index (χ1) is 14.9. The second-order valence-electron chi connectivity index (χ2n) is 8.68. The van der Waals surface area contributed by atoms with Crippen LogP contribution in [0.25, 0.3) is 16.7 Å². The van der Waals surface area contributed by atoms with Crippen molar-refractivity contribution in [2.45, 2.75) is 51.0 Å². The fourth-order valence-corrected chi connectivity index (χ4v) is 4.37. The molecule has 4 aliphatic rings. The number of piperidine rings is 1. The number of fused-ring (bicyclic) bond motifs is 3. The maximum absolute atomic E-state index is 14.7. The summed E-state index contributed by atoms with van der Waals surface area (Å²) in [7, 11) is 0. The number of anilines is 2. The summed E-state index contributed by atoms with van der Waals surface area (Å²) < 4.78 is 22.2. The van der Waals surface area contributed by atoms with Gasteiger partial charge < -0.3 is 15.0 Å². The average Bonchev–Trinajstić information content (AvgIpc) is 3.35. The van der Waals surface area contributed by atoms with Gasteiger partial charge in [0.05, 0.1) is 23.1 Å². The van der Waals surface area contributed by atoms with E-state index in [0.29, 0.717) is 30.2 Å². The lowest BCUT2D eigenvalue weighted by atomic mass is 9.99. The third-order valence-electron chi connectivity index (χ3n) is 6.06. The Morgan fingerprint density at radius 3 is 2.68 bits per heavy atom. The van der Waals surface area contributed by atoms with Crippen LogP contribution in [0.2, 0.25) is 0 Å². The zero-order chi connectivity index (χ0) is 21.3. The predicted octanol–water partition coefficient (Wildman–Crippen LogP) is 2.41. The van der Waals surface area contributed by atoms with Crippen LogP contribution in [0.15, 0.2) is 18.3 Å². The van der Waals surface area contributed by atoms with Gasteiger partial charge in [-0.3, -0.25) is 4.79 Å². The number of alkyl halides is 1. The summed E-state index contributed by atoms with van der Waals surface area (Å²) in [6.45, 7) is 4.78. The minimum absolute atomic E-state index is 0.205. The highest BCUT2D eigenvalue weighted by molar-refractivity contribution is 5.95. The van der Waals surface area contributed by atoms with Gasteiger partial charge in [-0.15, -0.1) is 5.10 Å². The second kappa shape index (κ2) is 6.43. The Kier molecular flexibility index (Phi) is 3.86. The van der Waals surface area contributed by atoms with E-state index in [1.807, 2.05) is 6.92 Å². The summed E-state index contributed by atoms with van der Waals surface area (Å²) in [5.74, 6) is 1.71. The number of amides is 1. The molecule has 1 aliphatic carbocycles. The third kappa shape index (κ3) is 3.13. The normalized spacial score (nSPS) is 23.5. The molecule has 9 nitrogen and oxygen atoms in total. The van der Waals surface area contributed by atoms with Crippen molar-refractivity contribution in [1.82, 2.24) is 24.7 Å². The van der Waals surface area contributed by atoms with E-state index in [1.54, 1.807) is 23.0 Å². The van der Waals surface area contributed by atoms with E-state index in [4.69, 9.17) is 9.84 Å². The molecular weight excluding hydrogens is 401 g/mol. The van der Waals surface area contributed by atoms with Crippen LogP contribution in [-0.2, 0) is 15.2 Å². The highest BCUT2D eigenvalue weighted by Crippen LogP contribution is 2.48. The lowest BCUT2D eigenvalue weighted by Crippen LogP contribution is -2.57. The van der Waals surface area contributed by atoms with E-state index >= 15 is 0 Å². The lowest BCUT2D eigenvalue weighted by molar-refractivity contribution is -0.133. The summed E-state index contributed by atoms with van der Waals surface area (Å²) in [4.78, 5) is 27.0. The Balaban J connectivity index is 1.51. The molecule has 160 valence electrons. The molecule has 3 aromatic rings. The van der Waals surface area contributed by atoms with Gasteiger partial charge in [-0.05, 0) is 19.8 Å².